The van der Waals surface area contributed by atoms with E-state index in [4.69, 9.17) is 4.74 Å². The van der Waals surface area contributed by atoms with Gasteiger partial charge in [-0.3, -0.25) is 14.3 Å². The zero-order valence-corrected chi connectivity index (χ0v) is 17.8. The molecule has 30 heavy (non-hydrogen) atoms. The van der Waals surface area contributed by atoms with Crippen molar-refractivity contribution in [3.63, 3.8) is 0 Å². The van der Waals surface area contributed by atoms with Crippen LogP contribution in [0.4, 0.5) is 11.4 Å². The molecule has 8 nitrogen and oxygen atoms in total. The summed E-state index contributed by atoms with van der Waals surface area (Å²) >= 11 is 0. The minimum absolute atomic E-state index is 0.0261. The number of nitrogens with zero attached hydrogens (tertiary/aromatic N) is 1. The molecule has 0 saturated carbocycles. The largest absolute Gasteiger partial charge is 0.495 e. The molecule has 0 aromatic heterocycles. The number of sulfonamides is 1. The molecule has 1 fully saturated rings. The Morgan fingerprint density at radius 2 is 1.97 bits per heavy atom. The molecular weight excluding hydrogens is 406 g/mol. The molecule has 3 rings (SSSR count). The average Bonchev–Trinajstić information content (AvgIpc) is 3.17. The number of anilines is 2. The van der Waals surface area contributed by atoms with Gasteiger partial charge in [-0.1, -0.05) is 19.1 Å². The first-order valence-corrected chi connectivity index (χ1v) is 11.2. The summed E-state index contributed by atoms with van der Waals surface area (Å²) in [5, 5.41) is 2.75. The maximum absolute atomic E-state index is 13.1. The van der Waals surface area contributed by atoms with Gasteiger partial charge in [-0.15, -0.1) is 0 Å². The second kappa shape index (κ2) is 9.17. The van der Waals surface area contributed by atoms with Crippen molar-refractivity contribution >= 4 is 33.2 Å². The monoisotopic (exact) mass is 431 g/mol. The lowest BCUT2D eigenvalue weighted by Gasteiger charge is -2.20. The number of carbonyl (C=O) groups is 2. The summed E-state index contributed by atoms with van der Waals surface area (Å²) in [5.41, 5.74) is 0.829. The van der Waals surface area contributed by atoms with Gasteiger partial charge < -0.3 is 15.0 Å². The fourth-order valence-electron chi connectivity index (χ4n) is 3.26. The molecule has 0 atom stereocenters. The standard InChI is InChI=1S/C21H25N3O5S/c1-3-12-22-21(26)16-7-4-5-8-17(16)23-30(27,28)15-10-11-19(29-2)18(14-15)24-13-6-9-20(24)25/h4-5,7-8,10-11,14,23H,3,6,9,12-13H2,1-2H3,(H,22,26). The van der Waals surface area contributed by atoms with Gasteiger partial charge in [-0.2, -0.15) is 0 Å². The van der Waals surface area contributed by atoms with Gasteiger partial charge in [-0.05, 0) is 43.2 Å². The van der Waals surface area contributed by atoms with Gasteiger partial charge in [0.15, 0.2) is 0 Å². The van der Waals surface area contributed by atoms with Crippen molar-refractivity contribution in [1.29, 1.82) is 0 Å². The third-order valence-electron chi connectivity index (χ3n) is 4.78. The van der Waals surface area contributed by atoms with Crippen LogP contribution in [0.2, 0.25) is 0 Å². The van der Waals surface area contributed by atoms with Crippen molar-refractivity contribution in [3.8, 4) is 5.75 Å². The molecule has 0 bridgehead atoms. The number of amides is 2. The molecule has 2 aromatic rings. The summed E-state index contributed by atoms with van der Waals surface area (Å²) in [6.07, 6.45) is 1.89. The second-order valence-corrected chi connectivity index (χ2v) is 8.57. The molecule has 160 valence electrons. The highest BCUT2D eigenvalue weighted by molar-refractivity contribution is 7.92. The molecule has 2 aromatic carbocycles. The lowest BCUT2D eigenvalue weighted by molar-refractivity contribution is -0.117. The molecule has 2 N–H and O–H groups in total. The van der Waals surface area contributed by atoms with Gasteiger partial charge >= 0.3 is 0 Å². The molecule has 2 amide bonds. The van der Waals surface area contributed by atoms with Crippen molar-refractivity contribution < 1.29 is 22.7 Å². The van der Waals surface area contributed by atoms with E-state index in [2.05, 4.69) is 10.0 Å². The molecule has 1 aliphatic rings. The summed E-state index contributed by atoms with van der Waals surface area (Å²) in [5.74, 6) is -0.00877. The summed E-state index contributed by atoms with van der Waals surface area (Å²) < 4.78 is 33.9. The minimum atomic E-state index is -4.01. The van der Waals surface area contributed by atoms with E-state index in [-0.39, 0.29) is 28.0 Å². The summed E-state index contributed by atoms with van der Waals surface area (Å²) in [7, 11) is -2.54. The summed E-state index contributed by atoms with van der Waals surface area (Å²) in [6, 6.07) is 10.8. The molecular formula is C21H25N3O5S. The highest BCUT2D eigenvalue weighted by Gasteiger charge is 2.27. The van der Waals surface area contributed by atoms with E-state index in [1.807, 2.05) is 6.92 Å². The molecule has 0 unspecified atom stereocenters. The van der Waals surface area contributed by atoms with Crippen molar-refractivity contribution in [2.24, 2.45) is 0 Å². The number of carbonyl (C=O) groups excluding carboxylic acids is 2. The van der Waals surface area contributed by atoms with E-state index in [0.717, 1.165) is 6.42 Å². The smallest absolute Gasteiger partial charge is 0.261 e. The maximum atomic E-state index is 13.1. The van der Waals surface area contributed by atoms with Crippen LogP contribution in [0.15, 0.2) is 47.4 Å². The molecule has 0 aliphatic carbocycles. The number of rotatable bonds is 8. The number of methoxy groups -OCH3 is 1. The first-order valence-electron chi connectivity index (χ1n) is 9.76. The van der Waals surface area contributed by atoms with Crippen LogP contribution < -0.4 is 19.7 Å². The van der Waals surface area contributed by atoms with E-state index in [0.29, 0.717) is 37.4 Å². The molecule has 0 radical (unpaired) electrons. The van der Waals surface area contributed by atoms with Crippen LogP contribution >= 0.6 is 0 Å². The fourth-order valence-corrected chi connectivity index (χ4v) is 4.36. The van der Waals surface area contributed by atoms with Crippen LogP contribution in [0.5, 0.6) is 5.75 Å². The molecule has 0 spiro atoms. The average molecular weight is 432 g/mol. The lowest BCUT2D eigenvalue weighted by Crippen LogP contribution is -2.26. The SMILES string of the molecule is CCCNC(=O)c1ccccc1NS(=O)(=O)c1ccc(OC)c(N2CCCC2=O)c1. The third kappa shape index (κ3) is 4.56. The minimum Gasteiger partial charge on any atom is -0.495 e. The van der Waals surface area contributed by atoms with E-state index >= 15 is 0 Å². The normalized spacial score (nSPS) is 13.9. The fraction of sp³-hybridized carbons (Fsp3) is 0.333. The van der Waals surface area contributed by atoms with E-state index in [1.54, 1.807) is 18.2 Å². The van der Waals surface area contributed by atoms with Crippen LogP contribution in [-0.2, 0) is 14.8 Å². The Balaban J connectivity index is 1.94. The highest BCUT2D eigenvalue weighted by Crippen LogP contribution is 2.34. The maximum Gasteiger partial charge on any atom is 0.261 e. The Bertz CT molecular complexity index is 1050. The van der Waals surface area contributed by atoms with Crippen molar-refractivity contribution in [3.05, 3.63) is 48.0 Å². The third-order valence-corrected chi connectivity index (χ3v) is 6.14. The number of benzene rings is 2. The van der Waals surface area contributed by atoms with Crippen LogP contribution in [0.3, 0.4) is 0 Å². The zero-order chi connectivity index (χ0) is 21.7. The Labute approximate surface area is 176 Å². The number of hydrogen-bond donors (Lipinski definition) is 2. The quantitative estimate of drug-likeness (QED) is 0.669. The van der Waals surface area contributed by atoms with Crippen molar-refractivity contribution in [2.75, 3.05) is 29.8 Å². The summed E-state index contributed by atoms with van der Waals surface area (Å²) in [6.45, 7) is 2.93. The van der Waals surface area contributed by atoms with Crippen LogP contribution in [0.25, 0.3) is 0 Å². The predicted octanol–water partition coefficient (Wildman–Crippen LogP) is 2.76. The Morgan fingerprint density at radius 3 is 2.63 bits per heavy atom. The van der Waals surface area contributed by atoms with E-state index in [9.17, 15) is 18.0 Å². The number of ether oxygens (including phenoxy) is 1. The molecule has 1 aliphatic heterocycles. The highest BCUT2D eigenvalue weighted by atomic mass is 32.2. The predicted molar refractivity (Wildman–Crippen MR) is 114 cm³/mol. The molecule has 1 heterocycles. The lowest BCUT2D eigenvalue weighted by atomic mass is 10.1. The summed E-state index contributed by atoms with van der Waals surface area (Å²) in [4.78, 5) is 26.1. The topological polar surface area (TPSA) is 105 Å². The zero-order valence-electron chi connectivity index (χ0n) is 17.0. The van der Waals surface area contributed by atoms with Crippen molar-refractivity contribution in [1.82, 2.24) is 5.32 Å². The Morgan fingerprint density at radius 1 is 1.20 bits per heavy atom. The molecule has 9 heteroatoms. The van der Waals surface area contributed by atoms with Crippen LogP contribution in [0.1, 0.15) is 36.5 Å². The number of hydrogen-bond acceptors (Lipinski definition) is 5. The van der Waals surface area contributed by atoms with Gasteiger partial charge in [0.05, 0.1) is 28.9 Å². The van der Waals surface area contributed by atoms with Gasteiger partial charge in [-0.25, -0.2) is 8.42 Å². The Kier molecular flexibility index (Phi) is 6.61. The van der Waals surface area contributed by atoms with Crippen LogP contribution in [-0.4, -0.2) is 40.4 Å². The van der Waals surface area contributed by atoms with E-state index < -0.39 is 10.0 Å². The van der Waals surface area contributed by atoms with Gasteiger partial charge in [0, 0.05) is 19.5 Å². The first-order chi connectivity index (χ1) is 14.4. The van der Waals surface area contributed by atoms with Gasteiger partial charge in [0.25, 0.3) is 15.9 Å². The Hall–Kier alpha value is -3.07. The van der Waals surface area contributed by atoms with Crippen LogP contribution in [0, 0.1) is 0 Å². The van der Waals surface area contributed by atoms with Gasteiger partial charge in [0.2, 0.25) is 5.91 Å². The number of nitrogens with one attached hydrogen (secondary N) is 2. The number of para-hydroxylation sites is 1. The van der Waals surface area contributed by atoms with Crippen molar-refractivity contribution in [2.45, 2.75) is 31.1 Å². The van der Waals surface area contributed by atoms with Gasteiger partial charge in [0.1, 0.15) is 5.75 Å². The first kappa shape index (κ1) is 21.6. The second-order valence-electron chi connectivity index (χ2n) is 6.89. The molecule has 1 saturated heterocycles. The van der Waals surface area contributed by atoms with E-state index in [1.165, 1.54) is 36.3 Å².